The van der Waals surface area contributed by atoms with E-state index in [4.69, 9.17) is 9.15 Å². The average molecular weight is 445 g/mol. The molecule has 0 spiro atoms. The fraction of sp³-hybridized carbons (Fsp3) is 0.286. The summed E-state index contributed by atoms with van der Waals surface area (Å²) in [4.78, 5) is 12.6. The van der Waals surface area contributed by atoms with Crippen molar-refractivity contribution in [3.8, 4) is 17.2 Å². The average Bonchev–Trinajstić information content (AvgIpc) is 3.22. The van der Waals surface area contributed by atoms with Crippen LogP contribution in [0.1, 0.15) is 31.1 Å². The Balaban J connectivity index is 1.70. The summed E-state index contributed by atoms with van der Waals surface area (Å²) >= 11 is 0. The van der Waals surface area contributed by atoms with Crippen molar-refractivity contribution in [3.05, 3.63) is 54.1 Å². The van der Waals surface area contributed by atoms with Crippen LogP contribution in [-0.2, 0) is 10.0 Å². The minimum absolute atomic E-state index is 0.0647. The maximum Gasteiger partial charge on any atom is 0.322 e. The van der Waals surface area contributed by atoms with Gasteiger partial charge in [-0.05, 0) is 69.3 Å². The topological polar surface area (TPSA) is 115 Å². The van der Waals surface area contributed by atoms with Crippen molar-refractivity contribution in [2.45, 2.75) is 31.7 Å². The maximum absolute atomic E-state index is 12.5. The Labute approximate surface area is 181 Å². The summed E-state index contributed by atoms with van der Waals surface area (Å²) in [6.45, 7) is 6.03. The predicted octanol–water partition coefficient (Wildman–Crippen LogP) is 3.42. The van der Waals surface area contributed by atoms with E-state index in [1.807, 2.05) is 6.92 Å². The number of sulfonamides is 1. The summed E-state index contributed by atoms with van der Waals surface area (Å²) in [6, 6.07) is 12.5. The van der Waals surface area contributed by atoms with Crippen LogP contribution in [0.25, 0.3) is 11.5 Å². The second-order valence-electron chi connectivity index (χ2n) is 6.96. The standard InChI is InChI=1S/C21H24N4O5S/c1-5-29-17-10-6-16(7-11-17)20-23-24-21(30-20)22-19(26)15-8-12-18(13-9-15)31(27,28)25(4)14(2)3/h6-14H,5H2,1-4H3,(H,22,24,26). The van der Waals surface area contributed by atoms with Gasteiger partial charge in [-0.1, -0.05) is 5.10 Å². The molecule has 0 aliphatic carbocycles. The molecule has 3 aromatic rings. The Hall–Kier alpha value is -3.24. The Morgan fingerprint density at radius 1 is 1.10 bits per heavy atom. The summed E-state index contributed by atoms with van der Waals surface area (Å²) in [6.07, 6.45) is 0. The van der Waals surface area contributed by atoms with E-state index in [0.717, 1.165) is 5.75 Å². The lowest BCUT2D eigenvalue weighted by Gasteiger charge is -2.20. The molecule has 0 radical (unpaired) electrons. The van der Waals surface area contributed by atoms with Gasteiger partial charge in [0.2, 0.25) is 15.9 Å². The fourth-order valence-corrected chi connectivity index (χ4v) is 4.01. The maximum atomic E-state index is 12.5. The lowest BCUT2D eigenvalue weighted by molar-refractivity contribution is 0.102. The molecule has 0 atom stereocenters. The molecular weight excluding hydrogens is 420 g/mol. The molecule has 0 saturated heterocycles. The molecule has 0 saturated carbocycles. The third kappa shape index (κ3) is 5.09. The first-order chi connectivity index (χ1) is 14.7. The lowest BCUT2D eigenvalue weighted by Crippen LogP contribution is -2.33. The largest absolute Gasteiger partial charge is 0.494 e. The third-order valence-electron chi connectivity index (χ3n) is 4.58. The number of anilines is 1. The highest BCUT2D eigenvalue weighted by Crippen LogP contribution is 2.23. The van der Waals surface area contributed by atoms with Crippen molar-refractivity contribution < 1.29 is 22.4 Å². The van der Waals surface area contributed by atoms with Crippen molar-refractivity contribution in [2.75, 3.05) is 19.0 Å². The summed E-state index contributed by atoms with van der Waals surface area (Å²) < 4.78 is 37.2. The van der Waals surface area contributed by atoms with Gasteiger partial charge in [0.15, 0.2) is 0 Å². The molecule has 9 nitrogen and oxygen atoms in total. The van der Waals surface area contributed by atoms with Gasteiger partial charge in [0.05, 0.1) is 11.5 Å². The van der Waals surface area contributed by atoms with E-state index >= 15 is 0 Å². The molecule has 0 aliphatic heterocycles. The van der Waals surface area contributed by atoms with Gasteiger partial charge < -0.3 is 9.15 Å². The first-order valence-electron chi connectivity index (χ1n) is 9.68. The smallest absolute Gasteiger partial charge is 0.322 e. The van der Waals surface area contributed by atoms with Gasteiger partial charge in [-0.2, -0.15) is 4.31 Å². The Morgan fingerprint density at radius 2 is 1.74 bits per heavy atom. The molecule has 1 amide bonds. The highest BCUT2D eigenvalue weighted by Gasteiger charge is 2.23. The van der Waals surface area contributed by atoms with E-state index in [1.165, 1.54) is 35.6 Å². The van der Waals surface area contributed by atoms with E-state index in [9.17, 15) is 13.2 Å². The van der Waals surface area contributed by atoms with Crippen molar-refractivity contribution in [3.63, 3.8) is 0 Å². The molecule has 0 bridgehead atoms. The minimum atomic E-state index is -3.62. The van der Waals surface area contributed by atoms with Crippen LogP contribution in [0.15, 0.2) is 57.8 Å². The van der Waals surface area contributed by atoms with Gasteiger partial charge in [-0.3, -0.25) is 10.1 Å². The molecule has 1 heterocycles. The van der Waals surface area contributed by atoms with E-state index in [2.05, 4.69) is 15.5 Å². The molecule has 1 N–H and O–H groups in total. The molecule has 0 unspecified atom stereocenters. The van der Waals surface area contributed by atoms with Gasteiger partial charge in [0.25, 0.3) is 5.91 Å². The van der Waals surface area contributed by atoms with Gasteiger partial charge >= 0.3 is 6.01 Å². The molecule has 1 aromatic heterocycles. The van der Waals surface area contributed by atoms with Crippen LogP contribution in [0.5, 0.6) is 5.75 Å². The lowest BCUT2D eigenvalue weighted by atomic mass is 10.2. The Kier molecular flexibility index (Phi) is 6.71. The zero-order valence-corrected chi connectivity index (χ0v) is 18.5. The Bertz CT molecular complexity index is 1140. The number of carbonyl (C=O) groups is 1. The fourth-order valence-electron chi connectivity index (χ4n) is 2.64. The zero-order chi connectivity index (χ0) is 22.6. The van der Waals surface area contributed by atoms with E-state index in [0.29, 0.717) is 12.2 Å². The second kappa shape index (κ2) is 9.27. The van der Waals surface area contributed by atoms with Crippen LogP contribution in [0.2, 0.25) is 0 Å². The zero-order valence-electron chi connectivity index (χ0n) is 17.7. The number of aromatic nitrogens is 2. The molecule has 164 valence electrons. The SMILES string of the molecule is CCOc1ccc(-c2nnc(NC(=O)c3ccc(S(=O)(=O)N(C)C(C)C)cc3)o2)cc1. The second-order valence-corrected chi connectivity index (χ2v) is 8.96. The third-order valence-corrected chi connectivity index (χ3v) is 6.63. The van der Waals surface area contributed by atoms with E-state index in [-0.39, 0.29) is 28.4 Å². The number of amides is 1. The first kappa shape index (κ1) is 22.4. The van der Waals surface area contributed by atoms with E-state index in [1.54, 1.807) is 38.1 Å². The van der Waals surface area contributed by atoms with Crippen LogP contribution < -0.4 is 10.1 Å². The normalized spacial score (nSPS) is 11.7. The van der Waals surface area contributed by atoms with Crippen LogP contribution in [0.4, 0.5) is 6.01 Å². The molecular formula is C21H24N4O5S. The number of nitrogens with one attached hydrogen (secondary N) is 1. The van der Waals surface area contributed by atoms with Crippen molar-refractivity contribution in [1.29, 1.82) is 0 Å². The van der Waals surface area contributed by atoms with Gasteiger partial charge in [0.1, 0.15) is 5.75 Å². The molecule has 0 fully saturated rings. The molecule has 2 aromatic carbocycles. The van der Waals surface area contributed by atoms with Gasteiger partial charge in [-0.15, -0.1) is 5.10 Å². The molecule has 3 rings (SSSR count). The summed E-state index contributed by atoms with van der Waals surface area (Å²) in [5, 5.41) is 10.3. The number of carbonyl (C=O) groups excluding carboxylic acids is 1. The summed E-state index contributed by atoms with van der Waals surface area (Å²) in [5.41, 5.74) is 0.937. The van der Waals surface area contributed by atoms with Crippen molar-refractivity contribution >= 4 is 21.9 Å². The van der Waals surface area contributed by atoms with Crippen LogP contribution in [0.3, 0.4) is 0 Å². The number of nitrogens with zero attached hydrogens (tertiary/aromatic N) is 3. The number of benzene rings is 2. The van der Waals surface area contributed by atoms with E-state index < -0.39 is 15.9 Å². The monoisotopic (exact) mass is 444 g/mol. The van der Waals surface area contributed by atoms with Gasteiger partial charge in [0, 0.05) is 24.2 Å². The number of rotatable bonds is 8. The van der Waals surface area contributed by atoms with Crippen LogP contribution >= 0.6 is 0 Å². The van der Waals surface area contributed by atoms with Crippen molar-refractivity contribution in [2.24, 2.45) is 0 Å². The highest BCUT2D eigenvalue weighted by molar-refractivity contribution is 7.89. The predicted molar refractivity (Wildman–Crippen MR) is 115 cm³/mol. The number of hydrogen-bond acceptors (Lipinski definition) is 7. The quantitative estimate of drug-likeness (QED) is 0.566. The molecule has 0 aliphatic rings. The minimum Gasteiger partial charge on any atom is -0.494 e. The van der Waals surface area contributed by atoms with Crippen LogP contribution in [-0.4, -0.2) is 48.5 Å². The number of hydrogen-bond donors (Lipinski definition) is 1. The first-order valence-corrected chi connectivity index (χ1v) is 11.1. The Morgan fingerprint density at radius 3 is 2.32 bits per heavy atom. The summed E-state index contributed by atoms with van der Waals surface area (Å²) in [7, 11) is -2.11. The summed E-state index contributed by atoms with van der Waals surface area (Å²) in [5.74, 6) is 0.476. The van der Waals surface area contributed by atoms with Gasteiger partial charge in [-0.25, -0.2) is 8.42 Å². The van der Waals surface area contributed by atoms with Crippen LogP contribution in [0, 0.1) is 0 Å². The number of ether oxygens (including phenoxy) is 1. The van der Waals surface area contributed by atoms with Crippen molar-refractivity contribution in [1.82, 2.24) is 14.5 Å². The highest BCUT2D eigenvalue weighted by atomic mass is 32.2. The molecule has 31 heavy (non-hydrogen) atoms. The molecule has 10 heteroatoms.